The van der Waals surface area contributed by atoms with Gasteiger partial charge in [0.2, 0.25) is 0 Å². The SMILES string of the molecule is CC(C)N(CC(F)(F)F)c1cccc(F)c1/C=C/C(=O)O. The normalized spacial score (nSPS) is 12.1. The summed E-state index contributed by atoms with van der Waals surface area (Å²) in [5, 5.41) is 8.59. The molecule has 0 spiro atoms. The molecule has 0 aliphatic carbocycles. The Morgan fingerprint density at radius 1 is 1.38 bits per heavy atom. The fraction of sp³-hybridized carbons (Fsp3) is 0.357. The maximum atomic E-state index is 13.8. The van der Waals surface area contributed by atoms with Crippen LogP contribution in [0, 0.1) is 5.82 Å². The molecular formula is C14H15F4NO2. The molecule has 1 aromatic rings. The summed E-state index contributed by atoms with van der Waals surface area (Å²) < 4.78 is 51.8. The first kappa shape index (κ1) is 17.0. The minimum atomic E-state index is -4.45. The van der Waals surface area contributed by atoms with Crippen molar-refractivity contribution in [1.82, 2.24) is 0 Å². The molecule has 0 bridgehead atoms. The monoisotopic (exact) mass is 305 g/mol. The molecule has 0 atom stereocenters. The molecule has 0 fully saturated rings. The van der Waals surface area contributed by atoms with Gasteiger partial charge in [-0.25, -0.2) is 9.18 Å². The van der Waals surface area contributed by atoms with Crippen molar-refractivity contribution in [1.29, 1.82) is 0 Å². The first-order valence-corrected chi connectivity index (χ1v) is 6.14. The highest BCUT2D eigenvalue weighted by molar-refractivity contribution is 5.87. The summed E-state index contributed by atoms with van der Waals surface area (Å²) in [6, 6.07) is 3.15. The summed E-state index contributed by atoms with van der Waals surface area (Å²) in [7, 11) is 0. The summed E-state index contributed by atoms with van der Waals surface area (Å²) in [4.78, 5) is 11.5. The topological polar surface area (TPSA) is 40.5 Å². The minimum absolute atomic E-state index is 0.000162. The molecule has 116 valence electrons. The lowest BCUT2D eigenvalue weighted by molar-refractivity contribution is -0.131. The molecule has 0 amide bonds. The van der Waals surface area contributed by atoms with Gasteiger partial charge in [0.25, 0.3) is 0 Å². The standard InChI is InChI=1S/C14H15F4NO2/c1-9(2)19(8-14(16,17)18)12-5-3-4-11(15)10(12)6-7-13(20)21/h3-7,9H,8H2,1-2H3,(H,20,21)/b7-6+. The molecule has 0 saturated heterocycles. The van der Waals surface area contributed by atoms with Gasteiger partial charge in [-0.1, -0.05) is 6.07 Å². The Morgan fingerprint density at radius 2 is 2.00 bits per heavy atom. The van der Waals surface area contributed by atoms with Gasteiger partial charge in [-0.2, -0.15) is 13.2 Å². The number of halogens is 4. The summed E-state index contributed by atoms with van der Waals surface area (Å²) in [5.41, 5.74) is -0.183. The van der Waals surface area contributed by atoms with Gasteiger partial charge < -0.3 is 10.0 Å². The van der Waals surface area contributed by atoms with Gasteiger partial charge in [-0.15, -0.1) is 0 Å². The molecule has 0 aliphatic heterocycles. The molecular weight excluding hydrogens is 290 g/mol. The number of carbonyl (C=O) groups is 1. The van der Waals surface area contributed by atoms with Crippen molar-refractivity contribution in [3.05, 3.63) is 35.7 Å². The third-order valence-corrected chi connectivity index (χ3v) is 2.70. The van der Waals surface area contributed by atoms with Crippen LogP contribution in [0.4, 0.5) is 23.2 Å². The van der Waals surface area contributed by atoms with E-state index in [1.165, 1.54) is 12.1 Å². The average molecular weight is 305 g/mol. The number of alkyl halides is 3. The highest BCUT2D eigenvalue weighted by Crippen LogP contribution is 2.29. The van der Waals surface area contributed by atoms with E-state index in [0.29, 0.717) is 6.08 Å². The van der Waals surface area contributed by atoms with Crippen LogP contribution >= 0.6 is 0 Å². The third kappa shape index (κ3) is 5.09. The molecule has 0 saturated carbocycles. The molecule has 21 heavy (non-hydrogen) atoms. The summed E-state index contributed by atoms with van der Waals surface area (Å²) in [6.45, 7) is 1.84. The Labute approximate surface area is 119 Å². The number of anilines is 1. The van der Waals surface area contributed by atoms with Crippen LogP contribution in [0.25, 0.3) is 6.08 Å². The van der Waals surface area contributed by atoms with E-state index in [4.69, 9.17) is 5.11 Å². The van der Waals surface area contributed by atoms with E-state index < -0.39 is 30.5 Å². The Morgan fingerprint density at radius 3 is 2.48 bits per heavy atom. The lowest BCUT2D eigenvalue weighted by Gasteiger charge is -2.31. The number of carboxylic acid groups (broad SMARTS) is 1. The predicted octanol–water partition coefficient (Wildman–Crippen LogP) is 3.70. The fourth-order valence-electron chi connectivity index (χ4n) is 1.83. The molecule has 0 heterocycles. The van der Waals surface area contributed by atoms with E-state index in [0.717, 1.165) is 17.0 Å². The molecule has 3 nitrogen and oxygen atoms in total. The third-order valence-electron chi connectivity index (χ3n) is 2.70. The summed E-state index contributed by atoms with van der Waals surface area (Å²) in [6.07, 6.45) is -2.81. The lowest BCUT2D eigenvalue weighted by Crippen LogP contribution is -2.39. The number of benzene rings is 1. The predicted molar refractivity (Wildman–Crippen MR) is 71.6 cm³/mol. The van der Waals surface area contributed by atoms with Crippen molar-refractivity contribution < 1.29 is 27.5 Å². The van der Waals surface area contributed by atoms with E-state index in [-0.39, 0.29) is 11.3 Å². The van der Waals surface area contributed by atoms with Gasteiger partial charge in [0.15, 0.2) is 0 Å². The molecule has 7 heteroatoms. The van der Waals surface area contributed by atoms with Crippen LogP contribution in [0.5, 0.6) is 0 Å². The zero-order valence-electron chi connectivity index (χ0n) is 11.5. The van der Waals surface area contributed by atoms with Crippen LogP contribution in [-0.2, 0) is 4.79 Å². The highest BCUT2D eigenvalue weighted by Gasteiger charge is 2.33. The summed E-state index contributed by atoms with van der Waals surface area (Å²) >= 11 is 0. The van der Waals surface area contributed by atoms with E-state index >= 15 is 0 Å². The largest absolute Gasteiger partial charge is 0.478 e. The van der Waals surface area contributed by atoms with Crippen molar-refractivity contribution in [3.8, 4) is 0 Å². The van der Waals surface area contributed by atoms with E-state index in [1.54, 1.807) is 13.8 Å². The zero-order chi connectivity index (χ0) is 16.2. The fourth-order valence-corrected chi connectivity index (χ4v) is 1.83. The first-order chi connectivity index (χ1) is 9.61. The second-order valence-electron chi connectivity index (χ2n) is 4.68. The van der Waals surface area contributed by atoms with Gasteiger partial charge in [0.05, 0.1) is 0 Å². The van der Waals surface area contributed by atoms with Gasteiger partial charge in [0.1, 0.15) is 12.4 Å². The van der Waals surface area contributed by atoms with Crippen LogP contribution < -0.4 is 4.90 Å². The number of hydrogen-bond donors (Lipinski definition) is 1. The van der Waals surface area contributed by atoms with E-state index in [9.17, 15) is 22.4 Å². The Kier molecular flexibility index (Phi) is 5.34. The van der Waals surface area contributed by atoms with Crippen molar-refractivity contribution in [2.45, 2.75) is 26.1 Å². The van der Waals surface area contributed by atoms with Gasteiger partial charge in [-0.3, -0.25) is 0 Å². The minimum Gasteiger partial charge on any atom is -0.478 e. The second-order valence-corrected chi connectivity index (χ2v) is 4.68. The maximum absolute atomic E-state index is 13.8. The van der Waals surface area contributed by atoms with Crippen molar-refractivity contribution >= 4 is 17.7 Å². The number of hydrogen-bond acceptors (Lipinski definition) is 2. The molecule has 1 aromatic carbocycles. The van der Waals surface area contributed by atoms with Crippen molar-refractivity contribution in [3.63, 3.8) is 0 Å². The van der Waals surface area contributed by atoms with Gasteiger partial charge in [-0.05, 0) is 32.1 Å². The molecule has 1 N–H and O–H groups in total. The van der Waals surface area contributed by atoms with E-state index in [1.807, 2.05) is 0 Å². The molecule has 0 aromatic heterocycles. The molecule has 0 aliphatic rings. The zero-order valence-corrected chi connectivity index (χ0v) is 11.5. The van der Waals surface area contributed by atoms with E-state index in [2.05, 4.69) is 0 Å². The second kappa shape index (κ2) is 6.60. The number of rotatable bonds is 5. The van der Waals surface area contributed by atoms with Crippen LogP contribution in [0.15, 0.2) is 24.3 Å². The van der Waals surface area contributed by atoms with Crippen LogP contribution in [-0.4, -0.2) is 29.8 Å². The molecule has 1 rings (SSSR count). The highest BCUT2D eigenvalue weighted by atomic mass is 19.4. The average Bonchev–Trinajstić information content (AvgIpc) is 2.32. The Hall–Kier alpha value is -2.05. The Balaban J connectivity index is 3.31. The smallest absolute Gasteiger partial charge is 0.405 e. The Bertz CT molecular complexity index is 538. The van der Waals surface area contributed by atoms with Gasteiger partial charge >= 0.3 is 12.1 Å². The molecule has 0 radical (unpaired) electrons. The van der Waals surface area contributed by atoms with Crippen LogP contribution in [0.3, 0.4) is 0 Å². The first-order valence-electron chi connectivity index (χ1n) is 6.14. The molecule has 0 unspecified atom stereocenters. The number of carboxylic acids is 1. The van der Waals surface area contributed by atoms with Gasteiger partial charge in [0, 0.05) is 23.4 Å². The number of aliphatic carboxylic acids is 1. The number of nitrogens with zero attached hydrogens (tertiary/aromatic N) is 1. The van der Waals surface area contributed by atoms with Crippen LogP contribution in [0.1, 0.15) is 19.4 Å². The van der Waals surface area contributed by atoms with Crippen molar-refractivity contribution in [2.24, 2.45) is 0 Å². The summed E-state index contributed by atoms with van der Waals surface area (Å²) in [5.74, 6) is -2.09. The quantitative estimate of drug-likeness (QED) is 0.666. The maximum Gasteiger partial charge on any atom is 0.405 e. The lowest BCUT2D eigenvalue weighted by atomic mass is 10.1. The van der Waals surface area contributed by atoms with Crippen molar-refractivity contribution in [2.75, 3.05) is 11.4 Å². The van der Waals surface area contributed by atoms with Crippen LogP contribution in [0.2, 0.25) is 0 Å².